The molecule has 0 radical (unpaired) electrons. The van der Waals surface area contributed by atoms with Crippen LogP contribution in [-0.2, 0) is 6.42 Å². The molecule has 1 aromatic carbocycles. The van der Waals surface area contributed by atoms with Crippen molar-refractivity contribution in [3.8, 4) is 0 Å². The number of benzene rings is 1. The Balaban J connectivity index is 3.16. The van der Waals surface area contributed by atoms with Gasteiger partial charge in [0.05, 0.1) is 6.34 Å². The first-order chi connectivity index (χ1) is 10.9. The fraction of sp³-hybridized carbons (Fsp3) is 0.462. The Bertz CT molecular complexity index is 551. The Morgan fingerprint density at radius 3 is 2.30 bits per heavy atom. The minimum atomic E-state index is -1.25. The first-order valence-corrected chi connectivity index (χ1v) is 6.87. The van der Waals surface area contributed by atoms with Crippen LogP contribution in [-0.4, -0.2) is 53.1 Å². The summed E-state index contributed by atoms with van der Waals surface area (Å²) in [6.45, 7) is -0.671. The molecular weight excluding hydrogens is 304 g/mol. The van der Waals surface area contributed by atoms with E-state index in [0.717, 1.165) is 4.90 Å². The Hall–Kier alpha value is -2.59. The highest BCUT2D eigenvalue weighted by atomic mass is 16.6. The van der Waals surface area contributed by atoms with Crippen molar-refractivity contribution in [1.29, 1.82) is 0 Å². The highest BCUT2D eigenvalue weighted by molar-refractivity contribution is 5.55. The van der Waals surface area contributed by atoms with Gasteiger partial charge in [-0.2, -0.15) is 0 Å². The van der Waals surface area contributed by atoms with Crippen molar-refractivity contribution in [1.82, 2.24) is 4.90 Å². The predicted octanol–water partition coefficient (Wildman–Crippen LogP) is -0.319. The van der Waals surface area contributed by atoms with Crippen LogP contribution in [0.4, 0.5) is 0 Å². The van der Waals surface area contributed by atoms with Gasteiger partial charge in [-0.15, -0.1) is 0 Å². The summed E-state index contributed by atoms with van der Waals surface area (Å²) in [5.74, 6) is 0. The average Bonchev–Trinajstić information content (AvgIpc) is 2.48. The molecule has 1 rings (SSSR count). The maximum atomic E-state index is 11.5. The zero-order valence-electron chi connectivity index (χ0n) is 12.7. The van der Waals surface area contributed by atoms with E-state index in [4.69, 9.17) is 11.5 Å². The molecule has 0 aliphatic carbocycles. The summed E-state index contributed by atoms with van der Waals surface area (Å²) in [6, 6.07) is 6.34. The molecule has 2 unspecified atom stereocenters. The lowest BCUT2D eigenvalue weighted by molar-refractivity contribution is -0.550. The van der Waals surface area contributed by atoms with Crippen LogP contribution >= 0.6 is 0 Å². The zero-order valence-corrected chi connectivity index (χ0v) is 12.7. The van der Waals surface area contributed by atoms with Gasteiger partial charge in [0.2, 0.25) is 12.6 Å². The zero-order chi connectivity index (χ0) is 17.4. The second kappa shape index (κ2) is 8.76. The van der Waals surface area contributed by atoms with Gasteiger partial charge in [-0.1, -0.05) is 30.3 Å². The van der Waals surface area contributed by atoms with Gasteiger partial charge >= 0.3 is 0 Å². The molecule has 10 heteroatoms. The van der Waals surface area contributed by atoms with Crippen LogP contribution in [0.5, 0.6) is 0 Å². The third kappa shape index (κ3) is 5.60. The standard InChI is InChI=1S/C13H20N6O4/c1-16-9-17(13(14)15)12(8-18(20)21)11(19(22)23)7-10-5-3-2-4-6-10/h2-6,9,11-13H,7-8,14-15H2,1H3/b16-9-. The summed E-state index contributed by atoms with van der Waals surface area (Å²) in [5.41, 5.74) is 11.9. The van der Waals surface area contributed by atoms with Crippen molar-refractivity contribution in [2.24, 2.45) is 16.5 Å². The minimum absolute atomic E-state index is 0.0210. The fourth-order valence-corrected chi connectivity index (χ4v) is 2.29. The second-order valence-electron chi connectivity index (χ2n) is 4.94. The average molecular weight is 324 g/mol. The van der Waals surface area contributed by atoms with Gasteiger partial charge in [-0.05, 0) is 5.56 Å². The number of hydrogen-bond acceptors (Lipinski definition) is 7. The molecule has 0 heterocycles. The molecule has 0 aliphatic heterocycles. The minimum Gasteiger partial charge on any atom is -0.319 e. The monoisotopic (exact) mass is 324 g/mol. The number of hydrogen-bond donors (Lipinski definition) is 2. The summed E-state index contributed by atoms with van der Waals surface area (Å²) < 4.78 is 0. The molecule has 0 bridgehead atoms. The van der Waals surface area contributed by atoms with Crippen molar-refractivity contribution in [2.45, 2.75) is 24.8 Å². The van der Waals surface area contributed by atoms with Crippen molar-refractivity contribution in [3.05, 3.63) is 56.1 Å². The highest BCUT2D eigenvalue weighted by Crippen LogP contribution is 2.14. The number of rotatable bonds is 9. The maximum absolute atomic E-state index is 11.5. The third-order valence-electron chi connectivity index (χ3n) is 3.31. The van der Waals surface area contributed by atoms with Gasteiger partial charge in [-0.25, -0.2) is 0 Å². The van der Waals surface area contributed by atoms with E-state index < -0.39 is 34.8 Å². The van der Waals surface area contributed by atoms with E-state index in [2.05, 4.69) is 4.99 Å². The largest absolute Gasteiger partial charge is 0.319 e. The highest BCUT2D eigenvalue weighted by Gasteiger charge is 2.40. The molecule has 0 aromatic heterocycles. The Morgan fingerprint density at radius 2 is 1.87 bits per heavy atom. The van der Waals surface area contributed by atoms with Crippen molar-refractivity contribution >= 4 is 6.34 Å². The molecule has 0 aliphatic rings. The van der Waals surface area contributed by atoms with Crippen molar-refractivity contribution in [2.75, 3.05) is 13.6 Å². The van der Waals surface area contributed by atoms with Crippen LogP contribution in [0.15, 0.2) is 35.3 Å². The van der Waals surface area contributed by atoms with E-state index in [0.29, 0.717) is 5.56 Å². The summed E-state index contributed by atoms with van der Waals surface area (Å²) in [6.07, 6.45) is 0.0786. The molecule has 0 spiro atoms. The molecule has 4 N–H and O–H groups in total. The summed E-state index contributed by atoms with van der Waals surface area (Å²) in [4.78, 5) is 26.2. The predicted molar refractivity (Wildman–Crippen MR) is 85.0 cm³/mol. The van der Waals surface area contributed by atoms with Crippen LogP contribution < -0.4 is 11.5 Å². The molecule has 0 saturated heterocycles. The van der Waals surface area contributed by atoms with E-state index in [1.165, 1.54) is 13.4 Å². The van der Waals surface area contributed by atoms with Gasteiger partial charge < -0.3 is 4.90 Å². The lowest BCUT2D eigenvalue weighted by Crippen LogP contribution is -2.60. The molecule has 1 aromatic rings. The Labute approximate surface area is 133 Å². The first kappa shape index (κ1) is 18.5. The van der Waals surface area contributed by atoms with Gasteiger partial charge in [-0.3, -0.25) is 36.7 Å². The van der Waals surface area contributed by atoms with Crippen molar-refractivity contribution < 1.29 is 9.85 Å². The maximum Gasteiger partial charge on any atom is 0.243 e. The molecule has 0 amide bonds. The van der Waals surface area contributed by atoms with E-state index in [-0.39, 0.29) is 6.42 Å². The summed E-state index contributed by atoms with van der Waals surface area (Å²) in [7, 11) is 1.43. The van der Waals surface area contributed by atoms with Crippen LogP contribution in [0.3, 0.4) is 0 Å². The first-order valence-electron chi connectivity index (χ1n) is 6.87. The molecule has 126 valence electrons. The van der Waals surface area contributed by atoms with Crippen LogP contribution in [0.2, 0.25) is 0 Å². The van der Waals surface area contributed by atoms with Gasteiger partial charge in [0.1, 0.15) is 6.29 Å². The lowest BCUT2D eigenvalue weighted by atomic mass is 9.99. The summed E-state index contributed by atoms with van der Waals surface area (Å²) >= 11 is 0. The van der Waals surface area contributed by atoms with Gasteiger partial charge in [0, 0.05) is 23.3 Å². The van der Waals surface area contributed by atoms with E-state index >= 15 is 0 Å². The molecule has 0 fully saturated rings. The van der Waals surface area contributed by atoms with Gasteiger partial charge in [0.15, 0.2) is 6.04 Å². The topological polar surface area (TPSA) is 154 Å². The normalized spacial score (nSPS) is 13.9. The molecule has 10 nitrogen and oxygen atoms in total. The molecular formula is C13H20N6O4. The molecule has 2 atom stereocenters. The summed E-state index contributed by atoms with van der Waals surface area (Å²) in [5, 5.41) is 22.4. The van der Waals surface area contributed by atoms with Crippen LogP contribution in [0.1, 0.15) is 5.56 Å². The number of nitro groups is 2. The number of nitrogens with two attached hydrogens (primary N) is 2. The van der Waals surface area contributed by atoms with Crippen LogP contribution in [0, 0.1) is 20.2 Å². The van der Waals surface area contributed by atoms with Crippen molar-refractivity contribution in [3.63, 3.8) is 0 Å². The number of nitrogens with zero attached hydrogens (tertiary/aromatic N) is 4. The van der Waals surface area contributed by atoms with Crippen LogP contribution in [0.25, 0.3) is 0 Å². The Kier molecular flexibility index (Phi) is 7.03. The molecule has 23 heavy (non-hydrogen) atoms. The molecule has 0 saturated carbocycles. The SMILES string of the molecule is C/N=C\N(C(N)N)C(C[N+](=O)[O-])C(Cc1ccccc1)[N+](=O)[O-]. The second-order valence-corrected chi connectivity index (χ2v) is 4.94. The van der Waals surface area contributed by atoms with E-state index in [1.54, 1.807) is 30.3 Å². The quantitative estimate of drug-likeness (QED) is 0.207. The van der Waals surface area contributed by atoms with E-state index in [9.17, 15) is 20.2 Å². The lowest BCUT2D eigenvalue weighted by Gasteiger charge is -2.31. The fourth-order valence-electron chi connectivity index (χ4n) is 2.29. The smallest absolute Gasteiger partial charge is 0.243 e. The third-order valence-corrected chi connectivity index (χ3v) is 3.31. The van der Waals surface area contributed by atoms with E-state index in [1.807, 2.05) is 0 Å². The van der Waals surface area contributed by atoms with Gasteiger partial charge in [0.25, 0.3) is 0 Å². The number of aliphatic imine (C=N–C) groups is 1. The Morgan fingerprint density at radius 1 is 1.26 bits per heavy atom.